The SMILES string of the molecule is CC(C)(C(=O)Nc1ccc(C(F)(F)F)cc1C1CCCCC1)n1cc(I)cn1. The number of hydrogen-bond acceptors (Lipinski definition) is 2. The van der Waals surface area contributed by atoms with Gasteiger partial charge < -0.3 is 5.32 Å². The van der Waals surface area contributed by atoms with Crippen molar-refractivity contribution in [2.45, 2.75) is 63.6 Å². The van der Waals surface area contributed by atoms with E-state index in [2.05, 4.69) is 33.0 Å². The molecule has 0 atom stereocenters. The minimum atomic E-state index is -4.41. The lowest BCUT2D eigenvalue weighted by molar-refractivity contribution is -0.137. The van der Waals surface area contributed by atoms with Crippen LogP contribution in [0.2, 0.25) is 0 Å². The highest BCUT2D eigenvalue weighted by molar-refractivity contribution is 14.1. The van der Waals surface area contributed by atoms with E-state index in [1.54, 1.807) is 30.9 Å². The first-order valence-electron chi connectivity index (χ1n) is 9.32. The number of anilines is 1. The van der Waals surface area contributed by atoms with Crippen LogP contribution in [-0.4, -0.2) is 15.7 Å². The summed E-state index contributed by atoms with van der Waals surface area (Å²) < 4.78 is 42.2. The molecular formula is C20H23F3IN3O. The summed E-state index contributed by atoms with van der Waals surface area (Å²) in [4.78, 5) is 13.0. The van der Waals surface area contributed by atoms with E-state index in [0.717, 1.165) is 41.7 Å². The van der Waals surface area contributed by atoms with Crippen LogP contribution < -0.4 is 5.32 Å². The lowest BCUT2D eigenvalue weighted by Crippen LogP contribution is -2.41. The molecule has 1 aromatic heterocycles. The maximum atomic E-state index is 13.2. The Morgan fingerprint density at radius 1 is 1.21 bits per heavy atom. The summed E-state index contributed by atoms with van der Waals surface area (Å²) in [6.45, 7) is 3.46. The fourth-order valence-corrected chi connectivity index (χ4v) is 3.98. The molecule has 1 fully saturated rings. The Hall–Kier alpha value is -1.58. The Morgan fingerprint density at radius 3 is 2.46 bits per heavy atom. The van der Waals surface area contributed by atoms with Crippen molar-refractivity contribution in [1.82, 2.24) is 9.78 Å². The molecule has 1 amide bonds. The first kappa shape index (κ1) is 21.1. The fraction of sp³-hybridized carbons (Fsp3) is 0.500. The monoisotopic (exact) mass is 505 g/mol. The zero-order chi connectivity index (χ0) is 20.5. The summed E-state index contributed by atoms with van der Waals surface area (Å²) in [6, 6.07) is 3.62. The van der Waals surface area contributed by atoms with Crippen molar-refractivity contribution in [3.8, 4) is 0 Å². The molecule has 0 saturated heterocycles. The van der Waals surface area contributed by atoms with Gasteiger partial charge in [0.2, 0.25) is 0 Å². The minimum Gasteiger partial charge on any atom is -0.324 e. The number of carbonyl (C=O) groups is 1. The highest BCUT2D eigenvalue weighted by Gasteiger charge is 2.34. The van der Waals surface area contributed by atoms with E-state index in [0.29, 0.717) is 11.3 Å². The van der Waals surface area contributed by atoms with Crippen LogP contribution in [0, 0.1) is 3.57 Å². The molecule has 0 radical (unpaired) electrons. The summed E-state index contributed by atoms with van der Waals surface area (Å²) >= 11 is 2.11. The molecule has 4 nitrogen and oxygen atoms in total. The number of benzene rings is 1. The van der Waals surface area contributed by atoms with E-state index in [1.807, 2.05) is 0 Å². The molecule has 1 aliphatic rings. The second-order valence-corrected chi connectivity index (χ2v) is 9.00. The van der Waals surface area contributed by atoms with E-state index in [4.69, 9.17) is 0 Å². The normalized spacial score (nSPS) is 16.2. The molecular weight excluding hydrogens is 482 g/mol. The molecule has 152 valence electrons. The first-order chi connectivity index (χ1) is 13.1. The van der Waals surface area contributed by atoms with Crippen LogP contribution in [0.4, 0.5) is 18.9 Å². The molecule has 8 heteroatoms. The minimum absolute atomic E-state index is 0.0279. The van der Waals surface area contributed by atoms with Gasteiger partial charge in [-0.25, -0.2) is 0 Å². The largest absolute Gasteiger partial charge is 0.416 e. The topological polar surface area (TPSA) is 46.9 Å². The summed E-state index contributed by atoms with van der Waals surface area (Å²) in [7, 11) is 0. The van der Waals surface area contributed by atoms with E-state index in [9.17, 15) is 18.0 Å². The van der Waals surface area contributed by atoms with Gasteiger partial charge in [-0.05, 0) is 79.0 Å². The standard InChI is InChI=1S/C20H23F3IN3O/c1-19(2,27-12-15(24)11-25-27)18(28)26-17-9-8-14(20(21,22)23)10-16(17)13-6-4-3-5-7-13/h8-13H,3-7H2,1-2H3,(H,26,28). The van der Waals surface area contributed by atoms with E-state index in [1.165, 1.54) is 12.1 Å². The van der Waals surface area contributed by atoms with Crippen molar-refractivity contribution in [1.29, 1.82) is 0 Å². The number of nitrogens with one attached hydrogen (secondary N) is 1. The summed E-state index contributed by atoms with van der Waals surface area (Å²) in [5, 5.41) is 7.07. The van der Waals surface area contributed by atoms with Gasteiger partial charge in [0, 0.05) is 11.9 Å². The van der Waals surface area contributed by atoms with Crippen LogP contribution >= 0.6 is 22.6 Å². The average molecular weight is 505 g/mol. The summed E-state index contributed by atoms with van der Waals surface area (Å²) in [6.07, 6.45) is 3.77. The van der Waals surface area contributed by atoms with Crippen molar-refractivity contribution in [3.63, 3.8) is 0 Å². The third kappa shape index (κ3) is 4.52. The van der Waals surface area contributed by atoms with Crippen molar-refractivity contribution in [2.75, 3.05) is 5.32 Å². The van der Waals surface area contributed by atoms with Gasteiger partial charge in [-0.2, -0.15) is 18.3 Å². The second-order valence-electron chi connectivity index (χ2n) is 7.75. The number of aromatic nitrogens is 2. The average Bonchev–Trinajstić information content (AvgIpc) is 3.09. The van der Waals surface area contributed by atoms with Crippen LogP contribution in [-0.2, 0) is 16.5 Å². The predicted octanol–water partition coefficient (Wildman–Crippen LogP) is 5.93. The summed E-state index contributed by atoms with van der Waals surface area (Å²) in [5.41, 5.74) is -0.615. The number of halogens is 4. The number of nitrogens with zero attached hydrogens (tertiary/aromatic N) is 2. The van der Waals surface area contributed by atoms with E-state index in [-0.39, 0.29) is 11.8 Å². The van der Waals surface area contributed by atoms with Gasteiger partial charge in [-0.15, -0.1) is 0 Å². The number of amides is 1. The van der Waals surface area contributed by atoms with Gasteiger partial charge in [0.15, 0.2) is 0 Å². The predicted molar refractivity (Wildman–Crippen MR) is 110 cm³/mol. The van der Waals surface area contributed by atoms with Gasteiger partial charge in [-0.3, -0.25) is 9.48 Å². The highest BCUT2D eigenvalue weighted by atomic mass is 127. The lowest BCUT2D eigenvalue weighted by atomic mass is 9.82. The molecule has 1 saturated carbocycles. The Bertz CT molecular complexity index is 855. The van der Waals surface area contributed by atoms with Crippen molar-refractivity contribution < 1.29 is 18.0 Å². The highest BCUT2D eigenvalue weighted by Crippen LogP contribution is 2.40. The summed E-state index contributed by atoms with van der Waals surface area (Å²) in [5.74, 6) is -0.288. The molecule has 1 heterocycles. The maximum absolute atomic E-state index is 13.2. The van der Waals surface area contributed by atoms with Gasteiger partial charge in [0.05, 0.1) is 15.3 Å². The molecule has 2 aromatic rings. The molecule has 0 bridgehead atoms. The third-order valence-corrected chi connectivity index (χ3v) is 5.91. The Balaban J connectivity index is 1.92. The smallest absolute Gasteiger partial charge is 0.324 e. The molecule has 1 aliphatic carbocycles. The van der Waals surface area contributed by atoms with Crippen molar-refractivity contribution >= 4 is 34.2 Å². The Morgan fingerprint density at radius 2 is 1.89 bits per heavy atom. The molecule has 3 rings (SSSR count). The van der Waals surface area contributed by atoms with Crippen LogP contribution in [0.1, 0.15) is 63.0 Å². The molecule has 1 aromatic carbocycles. The fourth-order valence-electron chi connectivity index (χ4n) is 3.59. The van der Waals surface area contributed by atoms with Crippen molar-refractivity contribution in [3.05, 3.63) is 45.3 Å². The quantitative estimate of drug-likeness (QED) is 0.524. The van der Waals surface area contributed by atoms with Gasteiger partial charge in [0.1, 0.15) is 5.54 Å². The zero-order valence-corrected chi connectivity index (χ0v) is 18.0. The molecule has 0 unspecified atom stereocenters. The van der Waals surface area contributed by atoms with E-state index < -0.39 is 17.3 Å². The van der Waals surface area contributed by atoms with Crippen molar-refractivity contribution in [2.24, 2.45) is 0 Å². The van der Waals surface area contributed by atoms with E-state index >= 15 is 0 Å². The Labute approximate surface area is 176 Å². The van der Waals surface area contributed by atoms with Gasteiger partial charge >= 0.3 is 6.18 Å². The van der Waals surface area contributed by atoms with Crippen LogP contribution in [0.5, 0.6) is 0 Å². The molecule has 28 heavy (non-hydrogen) atoms. The zero-order valence-electron chi connectivity index (χ0n) is 15.8. The second kappa shape index (κ2) is 8.04. The van der Waals surface area contributed by atoms with Crippen LogP contribution in [0.25, 0.3) is 0 Å². The maximum Gasteiger partial charge on any atom is 0.416 e. The molecule has 0 aliphatic heterocycles. The molecule has 0 spiro atoms. The number of hydrogen-bond donors (Lipinski definition) is 1. The number of carbonyl (C=O) groups excluding carboxylic acids is 1. The third-order valence-electron chi connectivity index (χ3n) is 5.35. The van der Waals surface area contributed by atoms with Crippen LogP contribution in [0.3, 0.4) is 0 Å². The number of rotatable bonds is 4. The Kier molecular flexibility index (Phi) is 6.07. The lowest BCUT2D eigenvalue weighted by Gasteiger charge is -2.28. The number of alkyl halides is 3. The van der Waals surface area contributed by atoms with Gasteiger partial charge in [-0.1, -0.05) is 19.3 Å². The van der Waals surface area contributed by atoms with Gasteiger partial charge in [0.25, 0.3) is 5.91 Å². The van der Waals surface area contributed by atoms with Crippen LogP contribution in [0.15, 0.2) is 30.6 Å². The molecule has 1 N–H and O–H groups in total. The first-order valence-corrected chi connectivity index (χ1v) is 10.4.